The van der Waals surface area contributed by atoms with Gasteiger partial charge in [0.05, 0.1) is 5.75 Å². The molecule has 0 aromatic heterocycles. The van der Waals surface area contributed by atoms with Gasteiger partial charge in [0.2, 0.25) is 10.0 Å². The third-order valence-corrected chi connectivity index (χ3v) is 5.09. The van der Waals surface area contributed by atoms with Gasteiger partial charge in [0, 0.05) is 46.4 Å². The molecule has 17 heavy (non-hydrogen) atoms. The van der Waals surface area contributed by atoms with Gasteiger partial charge < -0.3 is 9.64 Å². The maximum Gasteiger partial charge on any atom is 0.214 e. The molecule has 1 fully saturated rings. The Hall–Kier alpha value is -0.170. The summed E-state index contributed by atoms with van der Waals surface area (Å²) in [5.41, 5.74) is 0. The van der Waals surface area contributed by atoms with Gasteiger partial charge in [-0.05, 0) is 12.8 Å². The summed E-state index contributed by atoms with van der Waals surface area (Å²) in [5.74, 6) is 0.274. The Balaban J connectivity index is 2.30. The van der Waals surface area contributed by atoms with Crippen LogP contribution in [0.3, 0.4) is 0 Å². The average Bonchev–Trinajstić information content (AvgIpc) is 2.30. The quantitative estimate of drug-likeness (QED) is 0.624. The Morgan fingerprint density at radius 1 is 1.18 bits per heavy atom. The minimum absolute atomic E-state index is 0.274. The first-order chi connectivity index (χ1) is 8.10. The van der Waals surface area contributed by atoms with Crippen molar-refractivity contribution < 1.29 is 13.2 Å². The van der Waals surface area contributed by atoms with E-state index in [-0.39, 0.29) is 5.75 Å². The highest BCUT2D eigenvalue weighted by Gasteiger charge is 2.25. The molecule has 0 saturated carbocycles. The number of nitrogens with zero attached hydrogens (tertiary/aromatic N) is 2. The number of sulfonamides is 1. The van der Waals surface area contributed by atoms with Crippen molar-refractivity contribution in [1.29, 1.82) is 0 Å². The monoisotopic (exact) mass is 264 g/mol. The topological polar surface area (TPSA) is 49.9 Å². The van der Waals surface area contributed by atoms with Crippen LogP contribution in [-0.2, 0) is 14.8 Å². The zero-order valence-corrected chi connectivity index (χ0v) is 11.7. The predicted molar refractivity (Wildman–Crippen MR) is 68.6 cm³/mol. The summed E-state index contributed by atoms with van der Waals surface area (Å²) < 4.78 is 30.3. The van der Waals surface area contributed by atoms with E-state index in [1.165, 1.54) is 0 Å². The molecule has 1 rings (SSSR count). The van der Waals surface area contributed by atoms with Crippen LogP contribution in [-0.4, -0.2) is 69.8 Å². The molecule has 0 aromatic carbocycles. The number of ether oxygens (including phenoxy) is 1. The number of piperazine rings is 1. The fraction of sp³-hybridized carbons (Fsp3) is 1.00. The van der Waals surface area contributed by atoms with Crippen molar-refractivity contribution in [1.82, 2.24) is 9.21 Å². The van der Waals surface area contributed by atoms with Crippen molar-refractivity contribution in [3.8, 4) is 0 Å². The molecule has 6 heteroatoms. The number of rotatable bonds is 7. The molecule has 0 aliphatic carbocycles. The summed E-state index contributed by atoms with van der Waals surface area (Å²) >= 11 is 0. The van der Waals surface area contributed by atoms with Gasteiger partial charge in [-0.1, -0.05) is 6.92 Å². The zero-order chi connectivity index (χ0) is 12.7. The number of hydrogen-bond donors (Lipinski definition) is 0. The molecule has 0 N–H and O–H groups in total. The SMILES string of the molecule is CCCS(=O)(=O)N1CCN(CCCOC)CC1. The van der Waals surface area contributed by atoms with Crippen molar-refractivity contribution in [3.05, 3.63) is 0 Å². The molecule has 1 heterocycles. The smallest absolute Gasteiger partial charge is 0.214 e. The molecule has 0 radical (unpaired) electrons. The van der Waals surface area contributed by atoms with Crippen LogP contribution in [0, 0.1) is 0 Å². The van der Waals surface area contributed by atoms with Crippen LogP contribution in [0.4, 0.5) is 0 Å². The second-order valence-electron chi connectivity index (χ2n) is 4.40. The molecule has 0 amide bonds. The minimum atomic E-state index is -3.00. The van der Waals surface area contributed by atoms with E-state index in [2.05, 4.69) is 4.90 Å². The summed E-state index contributed by atoms with van der Waals surface area (Å²) in [6.07, 6.45) is 1.70. The molecule has 0 aromatic rings. The standard InChI is InChI=1S/C11H24N2O3S/c1-3-11-17(14,15)13-8-6-12(7-9-13)5-4-10-16-2/h3-11H2,1-2H3. The highest BCUT2D eigenvalue weighted by Crippen LogP contribution is 2.09. The van der Waals surface area contributed by atoms with Crippen molar-refractivity contribution in [3.63, 3.8) is 0 Å². The van der Waals surface area contributed by atoms with Gasteiger partial charge in [-0.3, -0.25) is 0 Å². The van der Waals surface area contributed by atoms with E-state index in [0.717, 1.165) is 32.7 Å². The van der Waals surface area contributed by atoms with Crippen molar-refractivity contribution in [2.24, 2.45) is 0 Å². The fourth-order valence-corrected chi connectivity index (χ4v) is 3.54. The molecule has 0 spiro atoms. The lowest BCUT2D eigenvalue weighted by Gasteiger charge is -2.33. The van der Waals surface area contributed by atoms with Crippen molar-refractivity contribution in [2.45, 2.75) is 19.8 Å². The molecule has 0 unspecified atom stereocenters. The van der Waals surface area contributed by atoms with Crippen molar-refractivity contribution >= 4 is 10.0 Å². The summed E-state index contributed by atoms with van der Waals surface area (Å²) in [5, 5.41) is 0. The van der Waals surface area contributed by atoms with E-state index >= 15 is 0 Å². The van der Waals surface area contributed by atoms with Crippen LogP contribution >= 0.6 is 0 Å². The second-order valence-corrected chi connectivity index (χ2v) is 6.49. The Kier molecular flexibility index (Phi) is 6.40. The normalized spacial score (nSPS) is 19.6. The second kappa shape index (κ2) is 7.31. The average molecular weight is 264 g/mol. The highest BCUT2D eigenvalue weighted by atomic mass is 32.2. The van der Waals surface area contributed by atoms with E-state index in [1.807, 2.05) is 6.92 Å². The van der Waals surface area contributed by atoms with Crippen LogP contribution in [0.5, 0.6) is 0 Å². The molecule has 5 nitrogen and oxygen atoms in total. The van der Waals surface area contributed by atoms with Gasteiger partial charge >= 0.3 is 0 Å². The summed E-state index contributed by atoms with van der Waals surface area (Å²) in [6, 6.07) is 0. The van der Waals surface area contributed by atoms with Crippen LogP contribution < -0.4 is 0 Å². The van der Waals surface area contributed by atoms with Gasteiger partial charge in [0.1, 0.15) is 0 Å². The first-order valence-electron chi connectivity index (χ1n) is 6.29. The van der Waals surface area contributed by atoms with Crippen molar-refractivity contribution in [2.75, 3.05) is 52.2 Å². The number of hydrogen-bond acceptors (Lipinski definition) is 4. The first kappa shape index (κ1) is 14.9. The van der Waals surface area contributed by atoms with Gasteiger partial charge in [-0.2, -0.15) is 4.31 Å². The molecule has 0 bridgehead atoms. The number of methoxy groups -OCH3 is 1. The van der Waals surface area contributed by atoms with Gasteiger partial charge in [0.25, 0.3) is 0 Å². The van der Waals surface area contributed by atoms with E-state index in [9.17, 15) is 8.42 Å². The predicted octanol–water partition coefficient (Wildman–Crippen LogP) is 0.380. The molecule has 1 aliphatic heterocycles. The van der Waals surface area contributed by atoms with Gasteiger partial charge in [-0.25, -0.2) is 8.42 Å². The maximum atomic E-state index is 11.8. The van der Waals surface area contributed by atoms with E-state index < -0.39 is 10.0 Å². The first-order valence-corrected chi connectivity index (χ1v) is 7.90. The Morgan fingerprint density at radius 3 is 2.35 bits per heavy atom. The minimum Gasteiger partial charge on any atom is -0.385 e. The van der Waals surface area contributed by atoms with Crippen LogP contribution in [0.25, 0.3) is 0 Å². The lowest BCUT2D eigenvalue weighted by Crippen LogP contribution is -2.49. The van der Waals surface area contributed by atoms with Gasteiger partial charge in [-0.15, -0.1) is 0 Å². The van der Waals surface area contributed by atoms with Crippen LogP contribution in [0.15, 0.2) is 0 Å². The third kappa shape index (κ3) is 4.91. The molecule has 1 saturated heterocycles. The van der Waals surface area contributed by atoms with Crippen LogP contribution in [0.2, 0.25) is 0 Å². The van der Waals surface area contributed by atoms with Gasteiger partial charge in [0.15, 0.2) is 0 Å². The lowest BCUT2D eigenvalue weighted by molar-refractivity contribution is 0.149. The third-order valence-electron chi connectivity index (χ3n) is 3.01. The Morgan fingerprint density at radius 2 is 1.82 bits per heavy atom. The molecular weight excluding hydrogens is 240 g/mol. The molecular formula is C11H24N2O3S. The summed E-state index contributed by atoms with van der Waals surface area (Å²) in [7, 11) is -1.30. The summed E-state index contributed by atoms with van der Waals surface area (Å²) in [6.45, 7) is 6.62. The maximum absolute atomic E-state index is 11.8. The van der Waals surface area contributed by atoms with E-state index in [0.29, 0.717) is 19.5 Å². The van der Waals surface area contributed by atoms with E-state index in [1.54, 1.807) is 11.4 Å². The van der Waals surface area contributed by atoms with E-state index in [4.69, 9.17) is 4.74 Å². The molecule has 102 valence electrons. The Bertz CT molecular complexity index is 298. The zero-order valence-electron chi connectivity index (χ0n) is 10.9. The molecule has 1 aliphatic rings. The Labute approximate surface area is 105 Å². The molecule has 0 atom stereocenters. The fourth-order valence-electron chi connectivity index (χ4n) is 2.05. The van der Waals surface area contributed by atoms with Crippen LogP contribution in [0.1, 0.15) is 19.8 Å². The lowest BCUT2D eigenvalue weighted by atomic mass is 10.3. The largest absolute Gasteiger partial charge is 0.385 e. The summed E-state index contributed by atoms with van der Waals surface area (Å²) in [4.78, 5) is 2.30. The highest BCUT2D eigenvalue weighted by molar-refractivity contribution is 7.89.